The quantitative estimate of drug-likeness (QED) is 0.376. The highest BCUT2D eigenvalue weighted by Gasteiger charge is 2.25. The van der Waals surface area contributed by atoms with Crippen LogP contribution in [-0.4, -0.2) is 88.6 Å². The van der Waals surface area contributed by atoms with Crippen LogP contribution in [0, 0.1) is 5.92 Å². The number of guanidine groups is 1. The smallest absolute Gasteiger partial charge is 0.193 e. The van der Waals surface area contributed by atoms with Gasteiger partial charge in [-0.1, -0.05) is 24.3 Å². The van der Waals surface area contributed by atoms with Crippen LogP contribution in [0.1, 0.15) is 24.5 Å². The van der Waals surface area contributed by atoms with Crippen molar-refractivity contribution in [1.82, 2.24) is 15.1 Å². The van der Waals surface area contributed by atoms with Crippen molar-refractivity contribution in [3.63, 3.8) is 0 Å². The van der Waals surface area contributed by atoms with Crippen LogP contribution < -0.4 is 5.32 Å². The highest BCUT2D eigenvalue weighted by atomic mass is 16.5. The van der Waals surface area contributed by atoms with Gasteiger partial charge in [0, 0.05) is 59.3 Å². The third-order valence-corrected chi connectivity index (χ3v) is 5.76. The number of nitrogens with zero attached hydrogens (tertiary/aromatic N) is 3. The number of likely N-dealkylation sites (tertiary alicyclic amines) is 1. The second-order valence-corrected chi connectivity index (χ2v) is 8.31. The van der Waals surface area contributed by atoms with E-state index in [1.807, 2.05) is 7.05 Å². The van der Waals surface area contributed by atoms with Crippen molar-refractivity contribution in [3.05, 3.63) is 35.4 Å². The van der Waals surface area contributed by atoms with E-state index >= 15 is 0 Å². The average molecular weight is 419 g/mol. The van der Waals surface area contributed by atoms with Crippen LogP contribution >= 0.6 is 0 Å². The lowest BCUT2D eigenvalue weighted by Gasteiger charge is -2.31. The van der Waals surface area contributed by atoms with Crippen molar-refractivity contribution in [2.75, 3.05) is 66.8 Å². The molecule has 168 valence electrons. The molecule has 3 rings (SSSR count). The molecule has 2 fully saturated rings. The molecule has 30 heavy (non-hydrogen) atoms. The lowest BCUT2D eigenvalue weighted by Crippen LogP contribution is -2.40. The van der Waals surface area contributed by atoms with E-state index in [1.165, 1.54) is 11.1 Å². The monoisotopic (exact) mass is 418 g/mol. The van der Waals surface area contributed by atoms with Gasteiger partial charge in [-0.05, 0) is 24.5 Å². The molecule has 2 atom stereocenters. The van der Waals surface area contributed by atoms with Crippen molar-refractivity contribution in [2.24, 2.45) is 10.9 Å². The molecule has 0 bridgehead atoms. The highest BCUT2D eigenvalue weighted by Crippen LogP contribution is 2.17. The molecule has 2 unspecified atom stereocenters. The van der Waals surface area contributed by atoms with E-state index < -0.39 is 0 Å². The summed E-state index contributed by atoms with van der Waals surface area (Å²) in [6, 6.07) is 8.86. The molecule has 2 aliphatic rings. The van der Waals surface area contributed by atoms with Gasteiger partial charge in [-0.25, -0.2) is 0 Å². The third kappa shape index (κ3) is 7.23. The first-order valence-electron chi connectivity index (χ1n) is 11.1. The normalized spacial score (nSPS) is 23.2. The maximum Gasteiger partial charge on any atom is 0.193 e. The minimum atomic E-state index is 0.321. The standard InChI is InChI=1S/C23H38N4O3/c1-19-15-26(9-10-30-19)16-21-6-4-5-20(13-21)14-25-23(24-2)27-8-7-22(17-27)18-29-12-11-28-3/h4-6,13,19,22H,7-12,14-18H2,1-3H3,(H,24,25). The van der Waals surface area contributed by atoms with Gasteiger partial charge in [-0.2, -0.15) is 0 Å². The summed E-state index contributed by atoms with van der Waals surface area (Å²) in [6.07, 6.45) is 1.46. The second-order valence-electron chi connectivity index (χ2n) is 8.31. The number of ether oxygens (including phenoxy) is 3. The Balaban J connectivity index is 1.45. The first-order chi connectivity index (χ1) is 14.7. The van der Waals surface area contributed by atoms with Crippen molar-refractivity contribution in [2.45, 2.75) is 32.5 Å². The molecule has 0 spiro atoms. The van der Waals surface area contributed by atoms with E-state index in [-0.39, 0.29) is 0 Å². The fraction of sp³-hybridized carbons (Fsp3) is 0.696. The first-order valence-corrected chi connectivity index (χ1v) is 11.1. The Morgan fingerprint density at radius 3 is 2.90 bits per heavy atom. The Labute approximate surface area is 181 Å². The summed E-state index contributed by atoms with van der Waals surface area (Å²) in [5.74, 6) is 1.53. The number of hydrogen-bond acceptors (Lipinski definition) is 5. The van der Waals surface area contributed by atoms with Crippen LogP contribution in [0.2, 0.25) is 0 Å². The Bertz CT molecular complexity index is 670. The van der Waals surface area contributed by atoms with Crippen molar-refractivity contribution in [1.29, 1.82) is 0 Å². The lowest BCUT2D eigenvalue weighted by atomic mass is 10.1. The topological polar surface area (TPSA) is 58.6 Å². The molecule has 0 aliphatic carbocycles. The van der Waals surface area contributed by atoms with Crippen LogP contribution in [0.5, 0.6) is 0 Å². The van der Waals surface area contributed by atoms with E-state index in [0.29, 0.717) is 25.2 Å². The molecule has 2 heterocycles. The predicted octanol–water partition coefficient (Wildman–Crippen LogP) is 1.97. The second kappa shape index (κ2) is 12.2. The number of nitrogens with one attached hydrogen (secondary N) is 1. The molecule has 7 nitrogen and oxygen atoms in total. The molecule has 1 aromatic rings. The SMILES string of the molecule is CN=C(NCc1cccc(CN2CCOC(C)C2)c1)N1CCC(COCCOC)C1. The minimum absolute atomic E-state index is 0.321. The van der Waals surface area contributed by atoms with E-state index in [4.69, 9.17) is 14.2 Å². The Morgan fingerprint density at radius 2 is 2.10 bits per heavy atom. The fourth-order valence-electron chi connectivity index (χ4n) is 4.20. The van der Waals surface area contributed by atoms with E-state index in [0.717, 1.165) is 64.9 Å². The zero-order valence-electron chi connectivity index (χ0n) is 18.8. The minimum Gasteiger partial charge on any atom is -0.382 e. The summed E-state index contributed by atoms with van der Waals surface area (Å²) < 4.78 is 16.4. The van der Waals surface area contributed by atoms with E-state index in [9.17, 15) is 0 Å². The Hall–Kier alpha value is -1.67. The van der Waals surface area contributed by atoms with Crippen molar-refractivity contribution >= 4 is 5.96 Å². The van der Waals surface area contributed by atoms with Crippen LogP contribution in [0.4, 0.5) is 0 Å². The maximum atomic E-state index is 5.71. The van der Waals surface area contributed by atoms with Gasteiger partial charge in [0.1, 0.15) is 0 Å². The molecule has 2 aliphatic heterocycles. The summed E-state index contributed by atoms with van der Waals surface area (Å²) in [4.78, 5) is 9.31. The molecular formula is C23H38N4O3. The van der Waals surface area contributed by atoms with Crippen molar-refractivity contribution < 1.29 is 14.2 Å². The molecule has 7 heteroatoms. The summed E-state index contributed by atoms with van der Waals surface area (Å²) in [5.41, 5.74) is 2.64. The maximum absolute atomic E-state index is 5.71. The molecule has 1 aromatic carbocycles. The number of methoxy groups -OCH3 is 1. The van der Waals surface area contributed by atoms with Gasteiger partial charge < -0.3 is 24.4 Å². The summed E-state index contributed by atoms with van der Waals surface area (Å²) in [7, 11) is 3.57. The molecule has 0 radical (unpaired) electrons. The van der Waals surface area contributed by atoms with Gasteiger partial charge in [0.25, 0.3) is 0 Å². The molecule has 0 amide bonds. The summed E-state index contributed by atoms with van der Waals surface area (Å²) >= 11 is 0. The molecule has 2 saturated heterocycles. The molecule has 1 N–H and O–H groups in total. The van der Waals surface area contributed by atoms with Gasteiger partial charge in [-0.15, -0.1) is 0 Å². The number of aliphatic imine (C=N–C) groups is 1. The van der Waals surface area contributed by atoms with Crippen LogP contribution in [0.3, 0.4) is 0 Å². The van der Waals surface area contributed by atoms with Crippen molar-refractivity contribution in [3.8, 4) is 0 Å². The van der Waals surface area contributed by atoms with Crippen LogP contribution in [0.25, 0.3) is 0 Å². The Morgan fingerprint density at radius 1 is 1.23 bits per heavy atom. The summed E-state index contributed by atoms with van der Waals surface area (Å²) in [5, 5.41) is 3.54. The lowest BCUT2D eigenvalue weighted by molar-refractivity contribution is -0.0212. The predicted molar refractivity (Wildman–Crippen MR) is 120 cm³/mol. The molecule has 0 aromatic heterocycles. The van der Waals surface area contributed by atoms with Gasteiger partial charge >= 0.3 is 0 Å². The van der Waals surface area contributed by atoms with Gasteiger partial charge in [0.2, 0.25) is 0 Å². The fourth-order valence-corrected chi connectivity index (χ4v) is 4.20. The molecule has 0 saturated carbocycles. The van der Waals surface area contributed by atoms with Gasteiger partial charge in [0.05, 0.1) is 32.5 Å². The number of rotatable bonds is 9. The third-order valence-electron chi connectivity index (χ3n) is 5.76. The largest absolute Gasteiger partial charge is 0.382 e. The van der Waals surface area contributed by atoms with Gasteiger partial charge in [0.15, 0.2) is 5.96 Å². The first kappa shape index (κ1) is 23.0. The van der Waals surface area contributed by atoms with Crippen LogP contribution in [-0.2, 0) is 27.3 Å². The average Bonchev–Trinajstić information content (AvgIpc) is 3.21. The Kier molecular flexibility index (Phi) is 9.39. The highest BCUT2D eigenvalue weighted by molar-refractivity contribution is 5.80. The number of morpholine rings is 1. The van der Waals surface area contributed by atoms with E-state index in [2.05, 4.69) is 51.3 Å². The zero-order chi connectivity index (χ0) is 21.2. The summed E-state index contributed by atoms with van der Waals surface area (Å²) in [6.45, 7) is 10.9. The number of hydrogen-bond donors (Lipinski definition) is 1. The van der Waals surface area contributed by atoms with Crippen LogP contribution in [0.15, 0.2) is 29.3 Å². The van der Waals surface area contributed by atoms with Gasteiger partial charge in [-0.3, -0.25) is 9.89 Å². The van der Waals surface area contributed by atoms with E-state index in [1.54, 1.807) is 7.11 Å². The zero-order valence-corrected chi connectivity index (χ0v) is 18.8. The number of benzene rings is 1. The molecular weight excluding hydrogens is 380 g/mol.